The van der Waals surface area contributed by atoms with Crippen molar-refractivity contribution < 1.29 is 22.4 Å². The number of thioether (sulfide) groups is 1. The number of sulfonamides is 1. The molecule has 2 aromatic carbocycles. The maximum absolute atomic E-state index is 12.8. The number of Topliss-reactive ketones (excluding diaryl/α,β-unsaturated/α-hetero) is 1. The van der Waals surface area contributed by atoms with Gasteiger partial charge in [-0.3, -0.25) is 9.59 Å². The first-order valence-electron chi connectivity index (χ1n) is 10.7. The maximum Gasteiger partial charge on any atom is 0.277 e. The van der Waals surface area contributed by atoms with Crippen LogP contribution in [0.3, 0.4) is 0 Å². The van der Waals surface area contributed by atoms with Crippen LogP contribution in [0.5, 0.6) is 0 Å². The van der Waals surface area contributed by atoms with Crippen LogP contribution in [0.2, 0.25) is 0 Å². The maximum atomic E-state index is 12.8. The molecule has 9 nitrogen and oxygen atoms in total. The van der Waals surface area contributed by atoms with Gasteiger partial charge in [0.25, 0.3) is 5.22 Å². The molecule has 180 valence electrons. The minimum atomic E-state index is -3.63. The summed E-state index contributed by atoms with van der Waals surface area (Å²) < 4.78 is 32.7. The number of anilines is 1. The third kappa shape index (κ3) is 5.91. The van der Waals surface area contributed by atoms with Crippen LogP contribution in [0.4, 0.5) is 5.69 Å². The summed E-state index contributed by atoms with van der Waals surface area (Å²) in [5.41, 5.74) is 1.48. The molecule has 0 saturated carbocycles. The number of aromatic nitrogens is 2. The molecule has 1 heterocycles. The predicted octanol–water partition coefficient (Wildman–Crippen LogP) is 4.09. The van der Waals surface area contributed by atoms with Crippen LogP contribution in [0.1, 0.15) is 38.1 Å². The smallest absolute Gasteiger partial charge is 0.277 e. The average Bonchev–Trinajstić information content (AvgIpc) is 3.28. The highest BCUT2D eigenvalue weighted by Crippen LogP contribution is 2.28. The fraction of sp³-hybridized carbons (Fsp3) is 0.304. The molecule has 0 saturated heterocycles. The molecular formula is C23H26N4O5S2. The van der Waals surface area contributed by atoms with Gasteiger partial charge in [0.2, 0.25) is 21.8 Å². The summed E-state index contributed by atoms with van der Waals surface area (Å²) in [6.45, 7) is 7.44. The highest BCUT2D eigenvalue weighted by molar-refractivity contribution is 8.00. The Morgan fingerprint density at radius 1 is 1.09 bits per heavy atom. The summed E-state index contributed by atoms with van der Waals surface area (Å²) in [7, 11) is -3.63. The summed E-state index contributed by atoms with van der Waals surface area (Å²) in [5, 5.41) is 10.4. The van der Waals surface area contributed by atoms with Crippen molar-refractivity contribution in [3.63, 3.8) is 0 Å². The Bertz CT molecular complexity index is 1290. The zero-order chi connectivity index (χ0) is 24.9. The van der Waals surface area contributed by atoms with Gasteiger partial charge in [-0.05, 0) is 44.2 Å². The Morgan fingerprint density at radius 2 is 1.79 bits per heavy atom. The van der Waals surface area contributed by atoms with Gasteiger partial charge < -0.3 is 9.73 Å². The van der Waals surface area contributed by atoms with E-state index in [1.165, 1.54) is 23.4 Å². The second-order valence-corrected chi connectivity index (χ2v) is 10.6. The van der Waals surface area contributed by atoms with Gasteiger partial charge >= 0.3 is 0 Å². The van der Waals surface area contributed by atoms with Gasteiger partial charge in [-0.1, -0.05) is 43.8 Å². The molecule has 0 aliphatic heterocycles. The Labute approximate surface area is 203 Å². The van der Waals surface area contributed by atoms with E-state index in [4.69, 9.17) is 4.42 Å². The SMILES string of the molecule is CCN(CC)S(=O)(=O)c1cccc(-c2nnc(S[C@H](C)C(=O)Nc3cccc(C(C)=O)c3)o2)c1. The number of nitrogens with zero attached hydrogens (tertiary/aromatic N) is 3. The minimum Gasteiger partial charge on any atom is -0.411 e. The van der Waals surface area contributed by atoms with Gasteiger partial charge in [-0.15, -0.1) is 10.2 Å². The molecule has 0 aliphatic carbocycles. The van der Waals surface area contributed by atoms with E-state index in [1.807, 2.05) is 0 Å². The van der Waals surface area contributed by atoms with Gasteiger partial charge in [0.1, 0.15) is 0 Å². The van der Waals surface area contributed by atoms with Crippen molar-refractivity contribution in [1.82, 2.24) is 14.5 Å². The van der Waals surface area contributed by atoms with Crippen molar-refractivity contribution >= 4 is 39.2 Å². The Hall–Kier alpha value is -3.02. The van der Waals surface area contributed by atoms with E-state index < -0.39 is 15.3 Å². The molecule has 1 N–H and O–H groups in total. The van der Waals surface area contributed by atoms with Crippen LogP contribution in [-0.2, 0) is 14.8 Å². The molecule has 0 radical (unpaired) electrons. The van der Waals surface area contributed by atoms with Crippen LogP contribution in [-0.4, -0.2) is 53.0 Å². The van der Waals surface area contributed by atoms with E-state index in [1.54, 1.807) is 57.2 Å². The normalized spacial score (nSPS) is 12.5. The van der Waals surface area contributed by atoms with Gasteiger partial charge in [-0.2, -0.15) is 4.31 Å². The summed E-state index contributed by atoms with van der Waals surface area (Å²) in [6.07, 6.45) is 0. The van der Waals surface area contributed by atoms with Gasteiger partial charge in [0.15, 0.2) is 5.78 Å². The number of nitrogens with one attached hydrogen (secondary N) is 1. The van der Waals surface area contributed by atoms with Crippen molar-refractivity contribution in [1.29, 1.82) is 0 Å². The van der Waals surface area contributed by atoms with E-state index in [0.717, 1.165) is 11.8 Å². The van der Waals surface area contributed by atoms with Gasteiger partial charge in [0, 0.05) is 29.9 Å². The topological polar surface area (TPSA) is 122 Å². The van der Waals surface area contributed by atoms with Crippen LogP contribution >= 0.6 is 11.8 Å². The Morgan fingerprint density at radius 3 is 2.47 bits per heavy atom. The van der Waals surface area contributed by atoms with Crippen LogP contribution in [0.25, 0.3) is 11.5 Å². The lowest BCUT2D eigenvalue weighted by Gasteiger charge is -2.18. The molecule has 1 aromatic heterocycles. The first kappa shape index (κ1) is 25.6. The lowest BCUT2D eigenvalue weighted by Crippen LogP contribution is -2.30. The highest BCUT2D eigenvalue weighted by Gasteiger charge is 2.23. The zero-order valence-electron chi connectivity index (χ0n) is 19.3. The first-order valence-corrected chi connectivity index (χ1v) is 13.0. The molecule has 0 aliphatic rings. The van der Waals surface area contributed by atoms with E-state index in [0.29, 0.717) is 29.9 Å². The van der Waals surface area contributed by atoms with Crippen molar-refractivity contribution in [2.45, 2.75) is 43.1 Å². The lowest BCUT2D eigenvalue weighted by molar-refractivity contribution is -0.115. The highest BCUT2D eigenvalue weighted by atomic mass is 32.2. The molecule has 1 amide bonds. The molecule has 11 heteroatoms. The molecular weight excluding hydrogens is 476 g/mol. The van der Waals surface area contributed by atoms with Gasteiger partial charge in [-0.25, -0.2) is 8.42 Å². The molecule has 0 bridgehead atoms. The van der Waals surface area contributed by atoms with Crippen LogP contribution in [0.15, 0.2) is 63.1 Å². The molecule has 3 rings (SSSR count). The van der Waals surface area contributed by atoms with Crippen molar-refractivity contribution in [3.05, 3.63) is 54.1 Å². The van der Waals surface area contributed by atoms with Gasteiger partial charge in [0.05, 0.1) is 10.1 Å². The van der Waals surface area contributed by atoms with E-state index >= 15 is 0 Å². The molecule has 0 unspecified atom stereocenters. The Kier molecular flexibility index (Phi) is 8.24. The number of rotatable bonds is 10. The number of hydrogen-bond acceptors (Lipinski definition) is 8. The second kappa shape index (κ2) is 10.9. The minimum absolute atomic E-state index is 0.0918. The molecule has 34 heavy (non-hydrogen) atoms. The number of carbonyl (C=O) groups excluding carboxylic acids is 2. The third-order valence-corrected chi connectivity index (χ3v) is 7.99. The summed E-state index contributed by atoms with van der Waals surface area (Å²) in [4.78, 5) is 24.3. The van der Waals surface area contributed by atoms with Crippen LogP contribution < -0.4 is 5.32 Å². The standard InChI is InChI=1S/C23H26N4O5S2/c1-5-27(6-2)34(30,31)20-12-8-10-18(14-20)22-25-26-23(32-22)33-16(4)21(29)24-19-11-7-9-17(13-19)15(3)28/h7-14,16H,5-6H2,1-4H3,(H,24,29)/t16-/m1/s1. The predicted molar refractivity (Wildman–Crippen MR) is 130 cm³/mol. The summed E-state index contributed by atoms with van der Waals surface area (Å²) >= 11 is 1.07. The fourth-order valence-electron chi connectivity index (χ4n) is 3.14. The third-order valence-electron chi connectivity index (χ3n) is 5.01. The molecule has 3 aromatic rings. The summed E-state index contributed by atoms with van der Waals surface area (Å²) in [5.74, 6) is -0.232. The van der Waals surface area contributed by atoms with Crippen molar-refractivity contribution in [2.24, 2.45) is 0 Å². The monoisotopic (exact) mass is 502 g/mol. The number of hydrogen-bond donors (Lipinski definition) is 1. The largest absolute Gasteiger partial charge is 0.411 e. The van der Waals surface area contributed by atoms with Crippen LogP contribution in [0, 0.1) is 0 Å². The second-order valence-electron chi connectivity index (χ2n) is 7.38. The van der Waals surface area contributed by atoms with E-state index in [-0.39, 0.29) is 27.7 Å². The van der Waals surface area contributed by atoms with E-state index in [2.05, 4.69) is 15.5 Å². The Balaban J connectivity index is 1.71. The number of ketones is 1. The fourth-order valence-corrected chi connectivity index (χ4v) is 5.33. The molecule has 0 fully saturated rings. The number of carbonyl (C=O) groups is 2. The quantitative estimate of drug-likeness (QED) is 0.325. The van der Waals surface area contributed by atoms with Crippen molar-refractivity contribution in [2.75, 3.05) is 18.4 Å². The van der Waals surface area contributed by atoms with Crippen molar-refractivity contribution in [3.8, 4) is 11.5 Å². The zero-order valence-corrected chi connectivity index (χ0v) is 20.9. The first-order chi connectivity index (χ1) is 16.1. The lowest BCUT2D eigenvalue weighted by atomic mass is 10.1. The number of amides is 1. The summed E-state index contributed by atoms with van der Waals surface area (Å²) in [6, 6.07) is 13.0. The molecule has 0 spiro atoms. The molecule has 1 atom stereocenters. The average molecular weight is 503 g/mol. The number of benzene rings is 2. The van der Waals surface area contributed by atoms with E-state index in [9.17, 15) is 18.0 Å².